The lowest BCUT2D eigenvalue weighted by molar-refractivity contribution is -0.145. The van der Waals surface area contributed by atoms with E-state index in [2.05, 4.69) is 25.0 Å². The van der Waals surface area contributed by atoms with Gasteiger partial charge in [-0.1, -0.05) is 0 Å². The molecule has 0 aliphatic carbocycles. The second-order valence-corrected chi connectivity index (χ2v) is 8.77. The van der Waals surface area contributed by atoms with Gasteiger partial charge in [0.2, 0.25) is 11.7 Å². The molecule has 0 unspecified atom stereocenters. The number of halogens is 5. The van der Waals surface area contributed by atoms with E-state index >= 15 is 0 Å². The van der Waals surface area contributed by atoms with Crippen molar-refractivity contribution in [3.05, 3.63) is 30.0 Å². The molecule has 186 valence electrons. The van der Waals surface area contributed by atoms with Gasteiger partial charge in [-0.05, 0) is 32.3 Å². The number of amides is 1. The van der Waals surface area contributed by atoms with Gasteiger partial charge in [0.15, 0.2) is 5.65 Å². The van der Waals surface area contributed by atoms with Crippen LogP contribution in [-0.4, -0.2) is 61.7 Å². The molecule has 1 spiro atoms. The molecule has 14 heteroatoms. The number of piperidine rings is 1. The molecule has 3 aromatic rings. The second kappa shape index (κ2) is 8.34. The van der Waals surface area contributed by atoms with Crippen LogP contribution in [0, 0.1) is 12.3 Å². The van der Waals surface area contributed by atoms with Gasteiger partial charge in [0.05, 0.1) is 17.3 Å². The van der Waals surface area contributed by atoms with Gasteiger partial charge in [-0.2, -0.15) is 18.3 Å². The van der Waals surface area contributed by atoms with Crippen LogP contribution >= 0.6 is 0 Å². The van der Waals surface area contributed by atoms with Gasteiger partial charge in [0, 0.05) is 25.8 Å². The van der Waals surface area contributed by atoms with Gasteiger partial charge in [-0.15, -0.1) is 0 Å². The topological polar surface area (TPSA) is 92.9 Å². The summed E-state index contributed by atoms with van der Waals surface area (Å²) in [5.74, 6) is -1.10. The Morgan fingerprint density at radius 2 is 1.77 bits per heavy atom. The molecule has 35 heavy (non-hydrogen) atoms. The van der Waals surface area contributed by atoms with E-state index in [0.29, 0.717) is 49.4 Å². The van der Waals surface area contributed by atoms with Crippen molar-refractivity contribution in [2.75, 3.05) is 29.4 Å². The van der Waals surface area contributed by atoms with Crippen molar-refractivity contribution in [2.45, 2.75) is 45.3 Å². The molecule has 2 aliphatic heterocycles. The summed E-state index contributed by atoms with van der Waals surface area (Å²) in [6, 6.07) is 1.30. The predicted octanol–water partition coefficient (Wildman–Crippen LogP) is 3.23. The number of carbonyl (C=O) groups is 1. The molecule has 0 N–H and O–H groups in total. The molecular formula is C21H21F5N8O. The van der Waals surface area contributed by atoms with Gasteiger partial charge in [0.25, 0.3) is 6.43 Å². The molecule has 5 rings (SSSR count). The Kier molecular flexibility index (Phi) is 5.55. The van der Waals surface area contributed by atoms with Gasteiger partial charge in [0.1, 0.15) is 23.7 Å². The largest absolute Gasteiger partial charge is 0.451 e. The standard InChI is InChI=1S/C21H21F5N8O/c1-12-16-17(34(31-12)11-13(22)23)29-15(10-28-16)32-7-3-20(4-8-32)5-9-33(19(20)35)14-2-6-27-18(30-14)21(24,25)26/h2,6,10,13H,3-5,7-9,11H2,1H3. The lowest BCUT2D eigenvalue weighted by atomic mass is 9.77. The fraction of sp³-hybridized carbons (Fsp3) is 0.524. The second-order valence-electron chi connectivity index (χ2n) is 8.77. The van der Waals surface area contributed by atoms with Crippen LogP contribution < -0.4 is 9.80 Å². The SMILES string of the molecule is Cc1nn(CC(F)F)c2nc(N3CCC4(CC3)CCN(c3ccnc(C(F)(F)F)n3)C4=O)cnc12. The maximum Gasteiger partial charge on any atom is 0.451 e. The van der Waals surface area contributed by atoms with Crippen LogP contribution in [0.4, 0.5) is 33.6 Å². The minimum Gasteiger partial charge on any atom is -0.355 e. The quantitative estimate of drug-likeness (QED) is 0.512. The Balaban J connectivity index is 1.32. The summed E-state index contributed by atoms with van der Waals surface area (Å²) in [5.41, 5.74) is 0.527. The van der Waals surface area contributed by atoms with Crippen molar-refractivity contribution in [3.63, 3.8) is 0 Å². The van der Waals surface area contributed by atoms with Crippen molar-refractivity contribution in [1.82, 2.24) is 29.7 Å². The number of rotatable bonds is 4. The van der Waals surface area contributed by atoms with Crippen LogP contribution in [0.3, 0.4) is 0 Å². The first kappa shape index (κ1) is 23.3. The number of hydrogen-bond donors (Lipinski definition) is 0. The van der Waals surface area contributed by atoms with Crippen molar-refractivity contribution in [3.8, 4) is 0 Å². The molecule has 9 nitrogen and oxygen atoms in total. The number of aromatic nitrogens is 6. The van der Waals surface area contributed by atoms with Gasteiger partial charge in [-0.25, -0.2) is 33.4 Å². The van der Waals surface area contributed by atoms with E-state index in [1.54, 1.807) is 13.1 Å². The zero-order chi connectivity index (χ0) is 25.0. The normalized spacial score (nSPS) is 18.4. The predicted molar refractivity (Wildman–Crippen MR) is 114 cm³/mol. The third-order valence-corrected chi connectivity index (χ3v) is 6.64. The number of aryl methyl sites for hydroxylation is 1. The van der Waals surface area contributed by atoms with E-state index < -0.39 is 30.4 Å². The Hall–Kier alpha value is -3.45. The third-order valence-electron chi connectivity index (χ3n) is 6.64. The van der Waals surface area contributed by atoms with Crippen LogP contribution in [-0.2, 0) is 17.5 Å². The fourth-order valence-electron chi connectivity index (χ4n) is 4.79. The zero-order valence-electron chi connectivity index (χ0n) is 18.6. The van der Waals surface area contributed by atoms with E-state index in [9.17, 15) is 26.7 Å². The lowest BCUT2D eigenvalue weighted by Gasteiger charge is -2.38. The Morgan fingerprint density at radius 1 is 1.06 bits per heavy atom. The number of anilines is 2. The molecule has 0 atom stereocenters. The minimum atomic E-state index is -4.70. The summed E-state index contributed by atoms with van der Waals surface area (Å²) in [7, 11) is 0. The molecule has 2 aliphatic rings. The highest BCUT2D eigenvalue weighted by Gasteiger charge is 2.49. The van der Waals surface area contributed by atoms with Crippen LogP contribution in [0.15, 0.2) is 18.5 Å². The summed E-state index contributed by atoms with van der Waals surface area (Å²) >= 11 is 0. The molecule has 5 heterocycles. The first-order chi connectivity index (χ1) is 16.6. The van der Waals surface area contributed by atoms with Crippen molar-refractivity contribution >= 4 is 28.7 Å². The average molecular weight is 496 g/mol. The first-order valence-corrected chi connectivity index (χ1v) is 11.0. The third kappa shape index (κ3) is 4.14. The van der Waals surface area contributed by atoms with Crippen molar-refractivity contribution in [2.24, 2.45) is 5.41 Å². The Bertz CT molecular complexity index is 1270. The van der Waals surface area contributed by atoms with Crippen LogP contribution in [0.5, 0.6) is 0 Å². The molecule has 0 saturated carbocycles. The summed E-state index contributed by atoms with van der Waals surface area (Å²) < 4.78 is 66.0. The molecule has 1 amide bonds. The molecule has 0 bridgehead atoms. The molecule has 3 aromatic heterocycles. The summed E-state index contributed by atoms with van der Waals surface area (Å²) in [6.45, 7) is 2.27. The maximum atomic E-state index is 13.3. The van der Waals surface area contributed by atoms with Gasteiger partial charge < -0.3 is 4.90 Å². The zero-order valence-corrected chi connectivity index (χ0v) is 18.6. The van der Waals surface area contributed by atoms with Gasteiger partial charge >= 0.3 is 6.18 Å². The van der Waals surface area contributed by atoms with Crippen LogP contribution in [0.25, 0.3) is 11.2 Å². The van der Waals surface area contributed by atoms with Gasteiger partial charge in [-0.3, -0.25) is 9.69 Å². The smallest absolute Gasteiger partial charge is 0.355 e. The van der Waals surface area contributed by atoms with E-state index in [1.807, 2.05) is 4.90 Å². The van der Waals surface area contributed by atoms with Crippen molar-refractivity contribution < 1.29 is 26.7 Å². The Labute approximate surface area is 196 Å². The fourth-order valence-corrected chi connectivity index (χ4v) is 4.79. The lowest BCUT2D eigenvalue weighted by Crippen LogP contribution is -2.45. The highest BCUT2D eigenvalue weighted by atomic mass is 19.4. The van der Waals surface area contributed by atoms with Crippen LogP contribution in [0.1, 0.15) is 30.8 Å². The number of fused-ring (bicyclic) bond motifs is 1. The Morgan fingerprint density at radius 3 is 2.46 bits per heavy atom. The first-order valence-electron chi connectivity index (χ1n) is 11.0. The summed E-state index contributed by atoms with van der Waals surface area (Å²) in [6.07, 6.45) is -3.30. The van der Waals surface area contributed by atoms with E-state index in [-0.39, 0.29) is 23.9 Å². The van der Waals surface area contributed by atoms with E-state index in [1.165, 1.54) is 11.0 Å². The monoisotopic (exact) mass is 496 g/mol. The summed E-state index contributed by atoms with van der Waals surface area (Å²) in [4.78, 5) is 32.2. The highest BCUT2D eigenvalue weighted by Crippen LogP contribution is 2.43. The number of hydrogen-bond acceptors (Lipinski definition) is 7. The molecule has 2 fully saturated rings. The molecular weight excluding hydrogens is 475 g/mol. The number of nitrogens with zero attached hydrogens (tertiary/aromatic N) is 8. The summed E-state index contributed by atoms with van der Waals surface area (Å²) in [5, 5.41) is 4.10. The minimum absolute atomic E-state index is 0.0596. The molecule has 0 radical (unpaired) electrons. The average Bonchev–Trinajstić information content (AvgIpc) is 3.30. The molecule has 2 saturated heterocycles. The maximum absolute atomic E-state index is 13.3. The highest BCUT2D eigenvalue weighted by molar-refractivity contribution is 5.99. The van der Waals surface area contributed by atoms with E-state index in [0.717, 1.165) is 10.9 Å². The van der Waals surface area contributed by atoms with Crippen molar-refractivity contribution in [1.29, 1.82) is 0 Å². The molecule has 0 aromatic carbocycles. The number of alkyl halides is 5. The van der Waals surface area contributed by atoms with E-state index in [4.69, 9.17) is 0 Å². The number of carbonyl (C=O) groups excluding carboxylic acids is 1. The van der Waals surface area contributed by atoms with Crippen LogP contribution in [0.2, 0.25) is 0 Å².